The van der Waals surface area contributed by atoms with Gasteiger partial charge in [-0.05, 0) is 42.3 Å². The number of nitrogens with zero attached hydrogens (tertiary/aromatic N) is 2. The van der Waals surface area contributed by atoms with Gasteiger partial charge in [0.15, 0.2) is 0 Å². The van der Waals surface area contributed by atoms with Crippen LogP contribution in [0, 0.1) is 0 Å². The van der Waals surface area contributed by atoms with Crippen LogP contribution in [0.4, 0.5) is 26.3 Å². The van der Waals surface area contributed by atoms with E-state index in [1.807, 2.05) is 0 Å². The van der Waals surface area contributed by atoms with Gasteiger partial charge in [0.2, 0.25) is 10.0 Å². The summed E-state index contributed by atoms with van der Waals surface area (Å²) in [4.78, 5) is 13.9. The molecule has 1 aliphatic heterocycles. The lowest BCUT2D eigenvalue weighted by Gasteiger charge is -2.36. The molecule has 3 rings (SSSR count). The van der Waals surface area contributed by atoms with E-state index in [0.717, 1.165) is 36.6 Å². The predicted octanol–water partition coefficient (Wildman–Crippen LogP) is 3.63. The first-order valence-corrected chi connectivity index (χ1v) is 11.9. The third kappa shape index (κ3) is 6.14. The highest BCUT2D eigenvalue weighted by Crippen LogP contribution is 2.33. The summed E-state index contributed by atoms with van der Waals surface area (Å²) >= 11 is 0. The van der Waals surface area contributed by atoms with Crippen LogP contribution >= 0.6 is 0 Å². The van der Waals surface area contributed by atoms with Crippen LogP contribution < -0.4 is 5.32 Å². The van der Waals surface area contributed by atoms with Crippen molar-refractivity contribution in [1.29, 1.82) is 0 Å². The molecule has 1 atom stereocenters. The van der Waals surface area contributed by atoms with Crippen molar-refractivity contribution in [3.05, 3.63) is 64.7 Å². The topological polar surface area (TPSA) is 69.7 Å². The molecule has 0 unspecified atom stereocenters. The molecule has 1 aliphatic rings. The number of piperazine rings is 1. The lowest BCUT2D eigenvalue weighted by molar-refractivity contribution is -0.138. The van der Waals surface area contributed by atoms with E-state index in [9.17, 15) is 39.6 Å². The summed E-state index contributed by atoms with van der Waals surface area (Å²) in [5.74, 6) is -0.801. The molecule has 0 saturated carbocycles. The number of hydrogen-bond donors (Lipinski definition) is 1. The molecular weight excluding hydrogens is 500 g/mol. The summed E-state index contributed by atoms with van der Waals surface area (Å²) in [6.45, 7) is 0.724. The van der Waals surface area contributed by atoms with Gasteiger partial charge in [-0.2, -0.15) is 26.3 Å². The highest BCUT2D eigenvalue weighted by Gasteiger charge is 2.36. The Hall–Kier alpha value is -2.64. The van der Waals surface area contributed by atoms with E-state index < -0.39 is 55.9 Å². The maximum absolute atomic E-state index is 13.5. The van der Waals surface area contributed by atoms with Gasteiger partial charge in [-0.15, -0.1) is 0 Å². The van der Waals surface area contributed by atoms with Gasteiger partial charge < -0.3 is 10.2 Å². The van der Waals surface area contributed by atoms with Crippen LogP contribution in [0.3, 0.4) is 0 Å². The second-order valence-electron chi connectivity index (χ2n) is 8.29. The van der Waals surface area contributed by atoms with Gasteiger partial charge in [0, 0.05) is 45.3 Å². The van der Waals surface area contributed by atoms with E-state index in [0.29, 0.717) is 24.2 Å². The van der Waals surface area contributed by atoms with E-state index >= 15 is 0 Å². The largest absolute Gasteiger partial charge is 0.416 e. The number of halogens is 6. The number of carbonyl (C=O) groups excluding carboxylic acids is 1. The number of amides is 1. The summed E-state index contributed by atoms with van der Waals surface area (Å²) in [5, 5.41) is 3.06. The van der Waals surface area contributed by atoms with Gasteiger partial charge in [0.05, 0.1) is 16.0 Å². The molecule has 6 nitrogen and oxygen atoms in total. The quantitative estimate of drug-likeness (QED) is 0.608. The van der Waals surface area contributed by atoms with E-state index in [1.54, 1.807) is 0 Å². The molecule has 0 radical (unpaired) electrons. The minimum absolute atomic E-state index is 0.121. The van der Waals surface area contributed by atoms with Gasteiger partial charge >= 0.3 is 12.4 Å². The molecule has 2 aromatic rings. The Balaban J connectivity index is 1.95. The second kappa shape index (κ2) is 9.78. The SMILES string of the molecule is CN(C)S(=O)(=O)c1cc(C(=O)N2CCNC[C@H]2Cc2ccc(C(F)(F)F)cc2)cc(C(F)(F)F)c1. The van der Waals surface area contributed by atoms with Crippen molar-refractivity contribution < 1.29 is 39.6 Å². The number of alkyl halides is 6. The number of nitrogens with one attached hydrogen (secondary N) is 1. The number of carbonyl (C=O) groups is 1. The standard InChI is InChI=1S/C22H23F6N3O3S/c1-30(2)35(33,34)19-11-15(10-17(12-19)22(26,27)28)20(32)31-8-7-29-13-18(31)9-14-3-5-16(6-4-14)21(23,24)25/h3-6,10-12,18,29H,7-9,13H2,1-2H3/t18-/m1/s1. The van der Waals surface area contributed by atoms with E-state index in [1.165, 1.54) is 17.0 Å². The van der Waals surface area contributed by atoms with Crippen LogP contribution in [0.1, 0.15) is 27.0 Å². The Morgan fingerprint density at radius 2 is 1.60 bits per heavy atom. The maximum Gasteiger partial charge on any atom is 0.416 e. The molecule has 1 fully saturated rings. The van der Waals surface area contributed by atoms with Crippen LogP contribution in [0.2, 0.25) is 0 Å². The molecule has 0 spiro atoms. The monoisotopic (exact) mass is 523 g/mol. The average molecular weight is 523 g/mol. The lowest BCUT2D eigenvalue weighted by Crippen LogP contribution is -2.54. The average Bonchev–Trinajstić information content (AvgIpc) is 2.77. The van der Waals surface area contributed by atoms with Gasteiger partial charge in [0.25, 0.3) is 5.91 Å². The first kappa shape index (κ1) is 27.0. The minimum Gasteiger partial charge on any atom is -0.333 e. The molecule has 192 valence electrons. The van der Waals surface area contributed by atoms with Crippen molar-refractivity contribution in [2.24, 2.45) is 0 Å². The van der Waals surface area contributed by atoms with Crippen molar-refractivity contribution in [2.45, 2.75) is 29.7 Å². The van der Waals surface area contributed by atoms with Crippen molar-refractivity contribution in [1.82, 2.24) is 14.5 Å². The molecule has 1 saturated heterocycles. The number of rotatable bonds is 5. The highest BCUT2D eigenvalue weighted by atomic mass is 32.2. The molecule has 2 aromatic carbocycles. The van der Waals surface area contributed by atoms with Crippen LogP contribution in [-0.4, -0.2) is 63.3 Å². The van der Waals surface area contributed by atoms with Gasteiger partial charge in [0.1, 0.15) is 0 Å². The summed E-state index contributed by atoms with van der Waals surface area (Å²) in [6, 6.07) is 5.82. The fraction of sp³-hybridized carbons (Fsp3) is 0.409. The third-order valence-electron chi connectivity index (χ3n) is 5.62. The fourth-order valence-corrected chi connectivity index (χ4v) is 4.70. The van der Waals surface area contributed by atoms with Crippen LogP contribution in [0.25, 0.3) is 0 Å². The Bertz CT molecular complexity index is 1180. The Morgan fingerprint density at radius 3 is 2.14 bits per heavy atom. The van der Waals surface area contributed by atoms with Crippen molar-refractivity contribution in [3.63, 3.8) is 0 Å². The second-order valence-corrected chi connectivity index (χ2v) is 10.4. The summed E-state index contributed by atoms with van der Waals surface area (Å²) in [6.07, 6.45) is -9.24. The molecule has 0 aromatic heterocycles. The zero-order valence-electron chi connectivity index (χ0n) is 18.7. The van der Waals surface area contributed by atoms with Crippen molar-refractivity contribution in [2.75, 3.05) is 33.7 Å². The van der Waals surface area contributed by atoms with Gasteiger partial charge in [-0.3, -0.25) is 4.79 Å². The lowest BCUT2D eigenvalue weighted by atomic mass is 10.00. The van der Waals surface area contributed by atoms with E-state index in [2.05, 4.69) is 5.32 Å². The first-order valence-electron chi connectivity index (χ1n) is 10.4. The van der Waals surface area contributed by atoms with E-state index in [-0.39, 0.29) is 19.5 Å². The molecule has 0 aliphatic carbocycles. The van der Waals surface area contributed by atoms with Crippen LogP contribution in [0.15, 0.2) is 47.4 Å². The normalized spacial score (nSPS) is 17.6. The van der Waals surface area contributed by atoms with Crippen molar-refractivity contribution >= 4 is 15.9 Å². The molecular formula is C22H23F6N3O3S. The first-order chi connectivity index (χ1) is 16.1. The molecule has 1 heterocycles. The Kier molecular flexibility index (Phi) is 7.53. The van der Waals surface area contributed by atoms with Gasteiger partial charge in [-0.1, -0.05) is 12.1 Å². The summed E-state index contributed by atoms with van der Waals surface area (Å²) < 4.78 is 105. The molecule has 35 heavy (non-hydrogen) atoms. The Labute approximate surface area is 198 Å². The van der Waals surface area contributed by atoms with Crippen LogP contribution in [-0.2, 0) is 28.8 Å². The number of benzene rings is 2. The maximum atomic E-state index is 13.5. The highest BCUT2D eigenvalue weighted by molar-refractivity contribution is 7.89. The van der Waals surface area contributed by atoms with Crippen LogP contribution in [0.5, 0.6) is 0 Å². The third-order valence-corrected chi connectivity index (χ3v) is 7.42. The molecule has 0 bridgehead atoms. The summed E-state index contributed by atoms with van der Waals surface area (Å²) in [7, 11) is -1.95. The molecule has 1 amide bonds. The fourth-order valence-electron chi connectivity index (χ4n) is 3.72. The van der Waals surface area contributed by atoms with Crippen molar-refractivity contribution in [3.8, 4) is 0 Å². The zero-order valence-corrected chi connectivity index (χ0v) is 19.6. The predicted molar refractivity (Wildman–Crippen MR) is 115 cm³/mol. The zero-order chi connectivity index (χ0) is 26.2. The Morgan fingerprint density at radius 1 is 1.00 bits per heavy atom. The summed E-state index contributed by atoms with van der Waals surface area (Å²) in [5.41, 5.74) is -2.04. The minimum atomic E-state index is -4.89. The number of sulfonamides is 1. The molecule has 1 N–H and O–H groups in total. The smallest absolute Gasteiger partial charge is 0.333 e. The van der Waals surface area contributed by atoms with Gasteiger partial charge in [-0.25, -0.2) is 12.7 Å². The molecule has 13 heteroatoms. The van der Waals surface area contributed by atoms with E-state index in [4.69, 9.17) is 0 Å². The number of hydrogen-bond acceptors (Lipinski definition) is 4.